The Labute approximate surface area is 146 Å². The Morgan fingerprint density at radius 2 is 2.04 bits per heavy atom. The molecule has 0 aromatic heterocycles. The van der Waals surface area contributed by atoms with E-state index < -0.39 is 5.97 Å². The molecule has 130 valence electrons. The number of aliphatic carboxylic acids is 1. The second-order valence-electron chi connectivity index (χ2n) is 6.47. The summed E-state index contributed by atoms with van der Waals surface area (Å²) in [6.45, 7) is 0.842. The molecule has 1 heterocycles. The van der Waals surface area contributed by atoms with Gasteiger partial charge in [-0.2, -0.15) is 0 Å². The second-order valence-corrected chi connectivity index (χ2v) is 6.85. The van der Waals surface area contributed by atoms with Gasteiger partial charge in [-0.05, 0) is 31.4 Å². The van der Waals surface area contributed by atoms with E-state index in [1.807, 2.05) is 4.90 Å². The minimum Gasteiger partial charge on any atom is -0.492 e. The van der Waals surface area contributed by atoms with Crippen molar-refractivity contribution in [2.45, 2.75) is 57.5 Å². The van der Waals surface area contributed by atoms with Crippen molar-refractivity contribution in [3.05, 3.63) is 28.3 Å². The second kappa shape index (κ2) is 7.43. The lowest BCUT2D eigenvalue weighted by Gasteiger charge is -2.30. The van der Waals surface area contributed by atoms with Crippen LogP contribution in [0.15, 0.2) is 12.1 Å². The number of nitrogens with zero attached hydrogens (tertiary/aromatic N) is 1. The molecular formula is C18H22ClNO4. The highest BCUT2D eigenvalue weighted by molar-refractivity contribution is 6.33. The minimum absolute atomic E-state index is 0.0660. The van der Waals surface area contributed by atoms with E-state index in [0.29, 0.717) is 41.9 Å². The number of carboxylic acids is 1. The quantitative estimate of drug-likeness (QED) is 0.790. The van der Waals surface area contributed by atoms with Crippen LogP contribution in [0.25, 0.3) is 0 Å². The first-order valence-corrected chi connectivity index (χ1v) is 8.92. The summed E-state index contributed by atoms with van der Waals surface area (Å²) in [5.41, 5.74) is 1.51. The fourth-order valence-electron chi connectivity index (χ4n) is 3.56. The average Bonchev–Trinajstić information content (AvgIpc) is 2.92. The summed E-state index contributed by atoms with van der Waals surface area (Å²) in [5, 5.41) is 9.13. The zero-order chi connectivity index (χ0) is 17.1. The maximum Gasteiger partial charge on any atom is 0.303 e. The summed E-state index contributed by atoms with van der Waals surface area (Å²) in [4.78, 5) is 25.1. The molecule has 6 heteroatoms. The Bertz CT molecular complexity index is 640. The van der Waals surface area contributed by atoms with Crippen molar-refractivity contribution >= 4 is 23.5 Å². The molecule has 0 radical (unpaired) electrons. The molecule has 3 rings (SSSR count). The van der Waals surface area contributed by atoms with Crippen molar-refractivity contribution in [1.82, 2.24) is 4.90 Å². The zero-order valence-electron chi connectivity index (χ0n) is 13.6. The van der Waals surface area contributed by atoms with Crippen LogP contribution in [-0.4, -0.2) is 34.5 Å². The van der Waals surface area contributed by atoms with E-state index in [2.05, 4.69) is 0 Å². The van der Waals surface area contributed by atoms with Gasteiger partial charge in [0.2, 0.25) is 0 Å². The van der Waals surface area contributed by atoms with Gasteiger partial charge in [0.15, 0.2) is 0 Å². The molecule has 1 fully saturated rings. The number of amides is 1. The molecule has 0 unspecified atom stereocenters. The van der Waals surface area contributed by atoms with Gasteiger partial charge in [0.1, 0.15) is 5.75 Å². The van der Waals surface area contributed by atoms with Crippen LogP contribution in [0.1, 0.15) is 60.9 Å². The third kappa shape index (κ3) is 3.51. The first-order chi connectivity index (χ1) is 11.6. The summed E-state index contributed by atoms with van der Waals surface area (Å²) in [6.07, 6.45) is 6.23. The monoisotopic (exact) mass is 351 g/mol. The Hall–Kier alpha value is -1.75. The Balaban J connectivity index is 1.69. The summed E-state index contributed by atoms with van der Waals surface area (Å²) in [6, 6.07) is 3.80. The lowest BCUT2D eigenvalue weighted by molar-refractivity contribution is -0.137. The number of halogens is 1. The summed E-state index contributed by atoms with van der Waals surface area (Å²) >= 11 is 6.45. The molecular weight excluding hydrogens is 330 g/mol. The van der Waals surface area contributed by atoms with E-state index in [0.717, 1.165) is 18.4 Å². The maximum absolute atomic E-state index is 12.7. The molecule has 1 aliphatic heterocycles. The molecule has 2 aliphatic rings. The van der Waals surface area contributed by atoms with E-state index in [1.54, 1.807) is 12.1 Å². The highest BCUT2D eigenvalue weighted by atomic mass is 35.5. The van der Waals surface area contributed by atoms with E-state index in [-0.39, 0.29) is 12.3 Å². The number of fused-ring (bicyclic) bond motifs is 1. The lowest BCUT2D eigenvalue weighted by Crippen LogP contribution is -2.36. The van der Waals surface area contributed by atoms with Crippen molar-refractivity contribution in [2.75, 3.05) is 6.61 Å². The van der Waals surface area contributed by atoms with Gasteiger partial charge in [0.05, 0.1) is 11.6 Å². The highest BCUT2D eigenvalue weighted by Crippen LogP contribution is 2.38. The SMILES string of the molecule is O=C(O)CCCOc1ccc2c(c1Cl)CN(C1CCCCC1)C2=O. The van der Waals surface area contributed by atoms with Crippen molar-refractivity contribution in [1.29, 1.82) is 0 Å². The van der Waals surface area contributed by atoms with Crippen LogP contribution >= 0.6 is 11.6 Å². The number of benzene rings is 1. The molecule has 0 bridgehead atoms. The van der Waals surface area contributed by atoms with Crippen molar-refractivity contribution in [3.8, 4) is 5.75 Å². The molecule has 0 spiro atoms. The molecule has 0 atom stereocenters. The first-order valence-electron chi connectivity index (χ1n) is 8.55. The average molecular weight is 352 g/mol. The number of carbonyl (C=O) groups is 2. The molecule has 1 aromatic carbocycles. The molecule has 24 heavy (non-hydrogen) atoms. The van der Waals surface area contributed by atoms with Gasteiger partial charge in [-0.3, -0.25) is 9.59 Å². The molecule has 0 saturated heterocycles. The predicted octanol–water partition coefficient (Wildman–Crippen LogP) is 3.87. The molecule has 1 aliphatic carbocycles. The van der Waals surface area contributed by atoms with Crippen LogP contribution in [0.5, 0.6) is 5.75 Å². The van der Waals surface area contributed by atoms with Gasteiger partial charge >= 0.3 is 5.97 Å². The van der Waals surface area contributed by atoms with Crippen LogP contribution in [-0.2, 0) is 11.3 Å². The third-order valence-electron chi connectivity index (χ3n) is 4.84. The Morgan fingerprint density at radius 1 is 1.29 bits per heavy atom. The topological polar surface area (TPSA) is 66.8 Å². The molecule has 1 amide bonds. The molecule has 1 N–H and O–H groups in total. The van der Waals surface area contributed by atoms with Crippen molar-refractivity contribution in [3.63, 3.8) is 0 Å². The Kier molecular flexibility index (Phi) is 5.29. The fourth-order valence-corrected chi connectivity index (χ4v) is 3.84. The lowest BCUT2D eigenvalue weighted by atomic mass is 9.94. The van der Waals surface area contributed by atoms with Gasteiger partial charge in [-0.1, -0.05) is 30.9 Å². The fraction of sp³-hybridized carbons (Fsp3) is 0.556. The van der Waals surface area contributed by atoms with Crippen LogP contribution < -0.4 is 4.74 Å². The number of hydrogen-bond acceptors (Lipinski definition) is 3. The van der Waals surface area contributed by atoms with E-state index in [4.69, 9.17) is 21.4 Å². The van der Waals surface area contributed by atoms with Crippen LogP contribution in [0.2, 0.25) is 5.02 Å². The number of ether oxygens (including phenoxy) is 1. The molecule has 5 nitrogen and oxygen atoms in total. The van der Waals surface area contributed by atoms with Crippen LogP contribution in [0, 0.1) is 0 Å². The normalized spacial score (nSPS) is 17.9. The Morgan fingerprint density at radius 3 is 2.75 bits per heavy atom. The minimum atomic E-state index is -0.840. The van der Waals surface area contributed by atoms with Gasteiger partial charge in [-0.25, -0.2) is 0 Å². The van der Waals surface area contributed by atoms with E-state index in [1.165, 1.54) is 19.3 Å². The van der Waals surface area contributed by atoms with Crippen molar-refractivity contribution < 1.29 is 19.4 Å². The number of carbonyl (C=O) groups excluding carboxylic acids is 1. The van der Waals surface area contributed by atoms with Crippen LogP contribution in [0.4, 0.5) is 0 Å². The van der Waals surface area contributed by atoms with Crippen molar-refractivity contribution in [2.24, 2.45) is 0 Å². The van der Waals surface area contributed by atoms with Crippen LogP contribution in [0.3, 0.4) is 0 Å². The van der Waals surface area contributed by atoms with Gasteiger partial charge < -0.3 is 14.7 Å². The summed E-state index contributed by atoms with van der Waals surface area (Å²) in [5.74, 6) is -0.248. The number of hydrogen-bond donors (Lipinski definition) is 1. The maximum atomic E-state index is 12.7. The predicted molar refractivity (Wildman–Crippen MR) is 90.6 cm³/mol. The molecule has 1 saturated carbocycles. The third-order valence-corrected chi connectivity index (χ3v) is 5.25. The summed E-state index contributed by atoms with van der Waals surface area (Å²) < 4.78 is 5.60. The number of carboxylic acid groups (broad SMARTS) is 1. The van der Waals surface area contributed by atoms with E-state index in [9.17, 15) is 9.59 Å². The van der Waals surface area contributed by atoms with E-state index >= 15 is 0 Å². The smallest absolute Gasteiger partial charge is 0.303 e. The standard InChI is InChI=1S/C18H22ClNO4/c19-17-14-11-20(12-5-2-1-3-6-12)18(23)13(14)8-9-15(17)24-10-4-7-16(21)22/h8-9,12H,1-7,10-11H2,(H,21,22). The van der Waals surface area contributed by atoms with Gasteiger partial charge in [0.25, 0.3) is 5.91 Å². The van der Waals surface area contributed by atoms with Gasteiger partial charge in [0, 0.05) is 30.1 Å². The largest absolute Gasteiger partial charge is 0.492 e. The molecule has 1 aromatic rings. The number of rotatable bonds is 6. The first kappa shape index (κ1) is 17.1. The summed E-state index contributed by atoms with van der Waals surface area (Å²) in [7, 11) is 0. The van der Waals surface area contributed by atoms with Gasteiger partial charge in [-0.15, -0.1) is 0 Å². The highest BCUT2D eigenvalue weighted by Gasteiger charge is 2.35. The zero-order valence-corrected chi connectivity index (χ0v) is 14.3.